The van der Waals surface area contributed by atoms with Crippen molar-refractivity contribution >= 4 is 17.2 Å². The molecule has 0 heterocycles. The average Bonchev–Trinajstić information content (AvgIpc) is 2.14. The summed E-state index contributed by atoms with van der Waals surface area (Å²) in [7, 11) is 1.75. The second kappa shape index (κ2) is 7.14. The number of ether oxygens (including phenoxy) is 1. The molecule has 0 aromatic carbocycles. The smallest absolute Gasteiger partial charge is 0.0870 e. The molecule has 0 saturated heterocycles. The summed E-state index contributed by atoms with van der Waals surface area (Å²) in [5, 5.41) is 0. The third-order valence-corrected chi connectivity index (χ3v) is 2.63. The number of hydrogen-bond acceptors (Lipinski definition) is 3. The Hall–Kier alpha value is -0.190. The van der Waals surface area contributed by atoms with Gasteiger partial charge in [-0.15, -0.1) is 0 Å². The van der Waals surface area contributed by atoms with E-state index in [4.69, 9.17) is 22.7 Å². The van der Waals surface area contributed by atoms with Crippen LogP contribution in [0.25, 0.3) is 0 Å². The molecule has 0 amide bonds. The summed E-state index contributed by atoms with van der Waals surface area (Å²) in [4.78, 5) is 2.85. The average molecular weight is 232 g/mol. The highest BCUT2D eigenvalue weighted by molar-refractivity contribution is 7.80. The van der Waals surface area contributed by atoms with Gasteiger partial charge in [0.05, 0.1) is 10.6 Å². The monoisotopic (exact) mass is 232 g/mol. The largest absolute Gasteiger partial charge is 0.392 e. The predicted molar refractivity (Wildman–Crippen MR) is 69.2 cm³/mol. The Balaban J connectivity index is 4.00. The van der Waals surface area contributed by atoms with Crippen LogP contribution in [0, 0.1) is 0 Å². The summed E-state index contributed by atoms with van der Waals surface area (Å²) in [6.45, 7) is 9.08. The Bertz CT molecular complexity index is 195. The number of nitrogens with zero attached hydrogens (tertiary/aromatic N) is 1. The van der Waals surface area contributed by atoms with Crippen LogP contribution in [0.1, 0.15) is 33.6 Å². The highest BCUT2D eigenvalue weighted by atomic mass is 32.1. The van der Waals surface area contributed by atoms with Crippen molar-refractivity contribution in [3.63, 3.8) is 0 Å². The van der Waals surface area contributed by atoms with E-state index in [1.54, 1.807) is 7.11 Å². The summed E-state index contributed by atoms with van der Waals surface area (Å²) in [5.74, 6) is 0. The van der Waals surface area contributed by atoms with Gasteiger partial charge in [-0.2, -0.15) is 0 Å². The normalized spacial score (nSPS) is 12.1. The number of methoxy groups -OCH3 is 1. The van der Waals surface area contributed by atoms with Crippen LogP contribution in [0.5, 0.6) is 0 Å². The molecule has 15 heavy (non-hydrogen) atoms. The maximum absolute atomic E-state index is 5.55. The number of nitrogens with two attached hydrogens (primary N) is 1. The minimum Gasteiger partial charge on any atom is -0.392 e. The maximum atomic E-state index is 5.55. The SMILES string of the molecule is CCCN(CCC(C)(C)OC)CC(N)=S. The van der Waals surface area contributed by atoms with Crippen LogP contribution in [-0.2, 0) is 4.74 Å². The van der Waals surface area contributed by atoms with E-state index < -0.39 is 0 Å². The lowest BCUT2D eigenvalue weighted by atomic mass is 10.1. The highest BCUT2D eigenvalue weighted by Crippen LogP contribution is 2.13. The third kappa shape index (κ3) is 7.71. The van der Waals surface area contributed by atoms with Gasteiger partial charge in [0.15, 0.2) is 0 Å². The van der Waals surface area contributed by atoms with Crippen molar-refractivity contribution in [3.05, 3.63) is 0 Å². The second-order valence-corrected chi connectivity index (χ2v) is 4.98. The first kappa shape index (κ1) is 14.8. The molecular weight excluding hydrogens is 208 g/mol. The molecule has 0 rings (SSSR count). The molecule has 0 fully saturated rings. The Kier molecular flexibility index (Phi) is 7.05. The first-order chi connectivity index (χ1) is 6.91. The van der Waals surface area contributed by atoms with E-state index >= 15 is 0 Å². The lowest BCUT2D eigenvalue weighted by Crippen LogP contribution is -2.37. The van der Waals surface area contributed by atoms with Crippen LogP contribution in [0.15, 0.2) is 0 Å². The zero-order valence-corrected chi connectivity index (χ0v) is 11.2. The van der Waals surface area contributed by atoms with Crippen molar-refractivity contribution in [2.75, 3.05) is 26.7 Å². The van der Waals surface area contributed by atoms with Crippen LogP contribution >= 0.6 is 12.2 Å². The standard InChI is InChI=1S/C11H24N2OS/c1-5-7-13(9-10(12)15)8-6-11(2,3)14-4/h5-9H2,1-4H3,(H2,12,15). The molecule has 90 valence electrons. The van der Waals surface area contributed by atoms with Crippen molar-refractivity contribution in [1.82, 2.24) is 4.90 Å². The van der Waals surface area contributed by atoms with Crippen LogP contribution in [-0.4, -0.2) is 42.2 Å². The fourth-order valence-corrected chi connectivity index (χ4v) is 1.52. The maximum Gasteiger partial charge on any atom is 0.0870 e. The molecule has 0 bridgehead atoms. The minimum absolute atomic E-state index is 0.0673. The zero-order chi connectivity index (χ0) is 11.9. The van der Waals surface area contributed by atoms with E-state index in [9.17, 15) is 0 Å². The molecule has 0 aromatic rings. The summed E-state index contributed by atoms with van der Waals surface area (Å²) in [5.41, 5.74) is 5.49. The fraction of sp³-hybridized carbons (Fsp3) is 0.909. The molecule has 0 aliphatic rings. The first-order valence-corrected chi connectivity index (χ1v) is 5.88. The number of hydrogen-bond donors (Lipinski definition) is 1. The van der Waals surface area contributed by atoms with Crippen molar-refractivity contribution < 1.29 is 4.74 Å². The highest BCUT2D eigenvalue weighted by Gasteiger charge is 2.17. The molecule has 0 unspecified atom stereocenters. The Labute approximate surface area is 99.0 Å². The molecule has 3 nitrogen and oxygen atoms in total. The van der Waals surface area contributed by atoms with Crippen LogP contribution in [0.2, 0.25) is 0 Å². The lowest BCUT2D eigenvalue weighted by Gasteiger charge is -2.28. The van der Waals surface area contributed by atoms with Gasteiger partial charge in [-0.25, -0.2) is 0 Å². The first-order valence-electron chi connectivity index (χ1n) is 5.47. The number of rotatable bonds is 8. The van der Waals surface area contributed by atoms with Gasteiger partial charge in [-0.3, -0.25) is 4.90 Å². The molecule has 0 aliphatic carbocycles. The molecule has 0 spiro atoms. The van der Waals surface area contributed by atoms with Gasteiger partial charge in [-0.1, -0.05) is 19.1 Å². The van der Waals surface area contributed by atoms with E-state index in [-0.39, 0.29) is 5.60 Å². The van der Waals surface area contributed by atoms with Crippen LogP contribution < -0.4 is 5.73 Å². The van der Waals surface area contributed by atoms with Gasteiger partial charge in [0.1, 0.15) is 0 Å². The number of thiocarbonyl (C=S) groups is 1. The Morgan fingerprint density at radius 3 is 2.40 bits per heavy atom. The molecule has 4 heteroatoms. The van der Waals surface area contributed by atoms with Crippen molar-refractivity contribution in [2.45, 2.75) is 39.2 Å². The summed E-state index contributed by atoms with van der Waals surface area (Å²) in [6.07, 6.45) is 2.11. The molecule has 0 radical (unpaired) electrons. The molecule has 0 saturated carbocycles. The van der Waals surface area contributed by atoms with Gasteiger partial charge < -0.3 is 10.5 Å². The predicted octanol–water partition coefficient (Wildman–Crippen LogP) is 1.80. The van der Waals surface area contributed by atoms with Gasteiger partial charge >= 0.3 is 0 Å². The van der Waals surface area contributed by atoms with E-state index in [0.29, 0.717) is 11.5 Å². The van der Waals surface area contributed by atoms with Crippen molar-refractivity contribution in [3.8, 4) is 0 Å². The Morgan fingerprint density at radius 2 is 2.00 bits per heavy atom. The van der Waals surface area contributed by atoms with Gasteiger partial charge in [-0.05, 0) is 33.2 Å². The van der Waals surface area contributed by atoms with Gasteiger partial charge in [0, 0.05) is 20.2 Å². The molecular formula is C11H24N2OS. The molecule has 0 aromatic heterocycles. The van der Waals surface area contributed by atoms with E-state index in [2.05, 4.69) is 25.7 Å². The lowest BCUT2D eigenvalue weighted by molar-refractivity contribution is 0.00848. The fourth-order valence-electron chi connectivity index (χ4n) is 1.34. The molecule has 0 aliphatic heterocycles. The Morgan fingerprint density at radius 1 is 1.40 bits per heavy atom. The zero-order valence-electron chi connectivity index (χ0n) is 10.4. The third-order valence-electron chi connectivity index (χ3n) is 2.50. The van der Waals surface area contributed by atoms with E-state index in [1.807, 2.05) is 0 Å². The van der Waals surface area contributed by atoms with Crippen LogP contribution in [0.3, 0.4) is 0 Å². The summed E-state index contributed by atoms with van der Waals surface area (Å²) >= 11 is 4.93. The molecule has 2 N–H and O–H groups in total. The van der Waals surface area contributed by atoms with Crippen molar-refractivity contribution in [2.24, 2.45) is 5.73 Å². The summed E-state index contributed by atoms with van der Waals surface area (Å²) < 4.78 is 5.38. The topological polar surface area (TPSA) is 38.5 Å². The van der Waals surface area contributed by atoms with Crippen molar-refractivity contribution in [1.29, 1.82) is 0 Å². The van der Waals surface area contributed by atoms with E-state index in [0.717, 1.165) is 25.9 Å². The second-order valence-electron chi connectivity index (χ2n) is 4.46. The summed E-state index contributed by atoms with van der Waals surface area (Å²) in [6, 6.07) is 0. The van der Waals surface area contributed by atoms with Gasteiger partial charge in [0.2, 0.25) is 0 Å². The quantitative estimate of drug-likeness (QED) is 0.648. The van der Waals surface area contributed by atoms with Crippen LogP contribution in [0.4, 0.5) is 0 Å². The van der Waals surface area contributed by atoms with E-state index in [1.165, 1.54) is 0 Å². The van der Waals surface area contributed by atoms with Gasteiger partial charge in [0.25, 0.3) is 0 Å². The minimum atomic E-state index is -0.0673. The molecule has 0 atom stereocenters.